The molecule has 0 bridgehead atoms. The van der Waals surface area contributed by atoms with Crippen LogP contribution in [0, 0.1) is 0 Å². The Morgan fingerprint density at radius 1 is 1.19 bits per heavy atom. The third kappa shape index (κ3) is 6.31. The van der Waals surface area contributed by atoms with Crippen LogP contribution in [-0.4, -0.2) is 81.9 Å². The Hall–Kier alpha value is -2.85. The van der Waals surface area contributed by atoms with Crippen LogP contribution in [0.2, 0.25) is 0 Å². The molecule has 1 aromatic heterocycles. The Kier molecular flexibility index (Phi) is 7.34. The number of nitrogens with zero attached hydrogens (tertiary/aromatic N) is 3. The summed E-state index contributed by atoms with van der Waals surface area (Å²) >= 11 is 0. The summed E-state index contributed by atoms with van der Waals surface area (Å²) in [6.45, 7) is 1.92. The fourth-order valence-electron chi connectivity index (χ4n) is 3.17. The van der Waals surface area contributed by atoms with Crippen molar-refractivity contribution in [2.75, 3.05) is 44.7 Å². The first kappa shape index (κ1) is 22.8. The predicted octanol–water partition coefficient (Wildman–Crippen LogP) is -0.107. The van der Waals surface area contributed by atoms with Crippen LogP contribution >= 0.6 is 7.60 Å². The summed E-state index contributed by atoms with van der Waals surface area (Å²) in [7, 11) is -2.93. The molecule has 1 aliphatic rings. The molecule has 1 unspecified atom stereocenters. The van der Waals surface area contributed by atoms with Crippen LogP contribution in [0.3, 0.4) is 0 Å². The lowest BCUT2D eigenvalue weighted by Gasteiger charge is -2.31. The lowest BCUT2D eigenvalue weighted by molar-refractivity contribution is -0.133. The van der Waals surface area contributed by atoms with Crippen LogP contribution in [0.15, 0.2) is 36.4 Å². The molecular formula is C19H25N6O5P. The molecule has 166 valence electrons. The van der Waals surface area contributed by atoms with Gasteiger partial charge in [-0.15, -0.1) is 0 Å². The van der Waals surface area contributed by atoms with Gasteiger partial charge in [-0.1, -0.05) is 30.3 Å². The van der Waals surface area contributed by atoms with Gasteiger partial charge in [0, 0.05) is 44.9 Å². The summed E-state index contributed by atoms with van der Waals surface area (Å²) in [5.41, 5.74) is 0.666. The first-order valence-electron chi connectivity index (χ1n) is 9.74. The molecule has 3 rings (SSSR count). The number of aromatic nitrogens is 2. The summed E-state index contributed by atoms with van der Waals surface area (Å²) in [5, 5.41) is 8.42. The quantitative estimate of drug-likeness (QED) is 0.365. The van der Waals surface area contributed by atoms with Crippen molar-refractivity contribution in [3.05, 3.63) is 42.1 Å². The Labute approximate surface area is 179 Å². The molecular weight excluding hydrogens is 423 g/mol. The number of nitrogens with one attached hydrogen (secondary N) is 3. The predicted molar refractivity (Wildman–Crippen MR) is 115 cm³/mol. The minimum atomic E-state index is -4.57. The van der Waals surface area contributed by atoms with Crippen LogP contribution in [0.4, 0.5) is 5.82 Å². The number of amides is 2. The summed E-state index contributed by atoms with van der Waals surface area (Å²) in [5.74, 6) is -0.570. The maximum absolute atomic E-state index is 12.9. The largest absolute Gasteiger partial charge is 0.373 e. The number of carbonyl (C=O) groups excluding carboxylic acids is 2. The topological polar surface area (TPSA) is 157 Å². The zero-order valence-electron chi connectivity index (χ0n) is 17.0. The molecule has 0 saturated carbocycles. The van der Waals surface area contributed by atoms with E-state index in [1.54, 1.807) is 19.2 Å². The monoisotopic (exact) mass is 448 g/mol. The minimum Gasteiger partial charge on any atom is -0.373 e. The van der Waals surface area contributed by atoms with E-state index >= 15 is 0 Å². The average molecular weight is 448 g/mol. The van der Waals surface area contributed by atoms with E-state index in [0.717, 1.165) is 0 Å². The second kappa shape index (κ2) is 9.97. The number of hydrogen-bond acceptors (Lipinski definition) is 7. The van der Waals surface area contributed by atoms with Crippen LogP contribution < -0.4 is 16.0 Å². The Morgan fingerprint density at radius 3 is 2.48 bits per heavy atom. The van der Waals surface area contributed by atoms with Gasteiger partial charge in [-0.05, 0) is 0 Å². The van der Waals surface area contributed by atoms with E-state index in [0.29, 0.717) is 43.4 Å². The van der Waals surface area contributed by atoms with Crippen molar-refractivity contribution in [3.8, 4) is 11.4 Å². The molecule has 1 fully saturated rings. The number of anilines is 1. The van der Waals surface area contributed by atoms with Gasteiger partial charge in [0.25, 0.3) is 5.91 Å². The molecule has 1 aliphatic heterocycles. The van der Waals surface area contributed by atoms with E-state index < -0.39 is 31.6 Å². The van der Waals surface area contributed by atoms with Crippen LogP contribution in [0.5, 0.6) is 0 Å². The second-order valence-corrected chi connectivity index (χ2v) is 8.72. The molecule has 5 N–H and O–H groups in total. The summed E-state index contributed by atoms with van der Waals surface area (Å²) in [4.78, 5) is 54.7. The Balaban J connectivity index is 1.86. The van der Waals surface area contributed by atoms with Gasteiger partial charge >= 0.3 is 7.60 Å². The molecule has 0 spiro atoms. The highest BCUT2D eigenvalue weighted by Gasteiger charge is 2.33. The standard InChI is InChI=1S/C19H25N6O5P/c1-20-16-11-14(22-17(24-16)13-5-3-2-4-6-13)18(26)23-15(12-31(28,29)30)19(27)25-9-7-21-8-10-25/h2-6,11,15,21H,7-10,12H2,1H3,(H,23,26)(H,20,22,24)(H2,28,29,30). The molecule has 0 radical (unpaired) electrons. The Bertz CT molecular complexity index is 977. The highest BCUT2D eigenvalue weighted by Crippen LogP contribution is 2.35. The highest BCUT2D eigenvalue weighted by atomic mass is 31.2. The lowest BCUT2D eigenvalue weighted by atomic mass is 10.2. The van der Waals surface area contributed by atoms with E-state index in [-0.39, 0.29) is 5.69 Å². The average Bonchev–Trinajstić information content (AvgIpc) is 2.78. The number of piperazine rings is 1. The third-order valence-corrected chi connectivity index (χ3v) is 5.54. The van der Waals surface area contributed by atoms with Crippen molar-refractivity contribution in [3.63, 3.8) is 0 Å². The number of rotatable bonds is 7. The summed E-state index contributed by atoms with van der Waals surface area (Å²) < 4.78 is 11.6. The van der Waals surface area contributed by atoms with Crippen molar-refractivity contribution >= 4 is 25.2 Å². The highest BCUT2D eigenvalue weighted by molar-refractivity contribution is 7.51. The first-order valence-corrected chi connectivity index (χ1v) is 11.5. The maximum atomic E-state index is 12.9. The van der Waals surface area contributed by atoms with Gasteiger partial charge in [0.2, 0.25) is 5.91 Å². The molecule has 1 atom stereocenters. The summed E-state index contributed by atoms with van der Waals surface area (Å²) in [6.07, 6.45) is -0.795. The second-order valence-electron chi connectivity index (χ2n) is 7.03. The molecule has 1 aromatic carbocycles. The van der Waals surface area contributed by atoms with Crippen LogP contribution in [0.1, 0.15) is 10.5 Å². The number of benzene rings is 1. The van der Waals surface area contributed by atoms with Gasteiger partial charge in [-0.2, -0.15) is 0 Å². The maximum Gasteiger partial charge on any atom is 0.328 e. The number of hydrogen-bond donors (Lipinski definition) is 5. The van der Waals surface area contributed by atoms with Crippen molar-refractivity contribution in [1.29, 1.82) is 0 Å². The third-order valence-electron chi connectivity index (χ3n) is 4.70. The van der Waals surface area contributed by atoms with Crippen molar-refractivity contribution in [2.24, 2.45) is 0 Å². The molecule has 31 heavy (non-hydrogen) atoms. The normalized spacial score (nSPS) is 15.3. The van der Waals surface area contributed by atoms with E-state index in [2.05, 4.69) is 25.9 Å². The first-order chi connectivity index (χ1) is 14.8. The van der Waals surface area contributed by atoms with Crippen molar-refractivity contribution < 1.29 is 23.9 Å². The van der Waals surface area contributed by atoms with E-state index in [1.165, 1.54) is 11.0 Å². The molecule has 2 heterocycles. The SMILES string of the molecule is CNc1cc(C(=O)NC(CP(=O)(O)O)C(=O)N2CCNCC2)nc(-c2ccccc2)n1. The van der Waals surface area contributed by atoms with Gasteiger partial charge in [0.05, 0.1) is 6.16 Å². The van der Waals surface area contributed by atoms with Gasteiger partial charge in [-0.25, -0.2) is 9.97 Å². The fraction of sp³-hybridized carbons (Fsp3) is 0.368. The minimum absolute atomic E-state index is 0.0259. The zero-order chi connectivity index (χ0) is 22.4. The van der Waals surface area contributed by atoms with Crippen molar-refractivity contribution in [2.45, 2.75) is 6.04 Å². The molecule has 0 aliphatic carbocycles. The fourth-order valence-corrected chi connectivity index (χ4v) is 3.89. The molecule has 12 heteroatoms. The van der Waals surface area contributed by atoms with Crippen molar-refractivity contribution in [1.82, 2.24) is 25.5 Å². The smallest absolute Gasteiger partial charge is 0.328 e. The zero-order valence-corrected chi connectivity index (χ0v) is 17.9. The van der Waals surface area contributed by atoms with Crippen LogP contribution in [-0.2, 0) is 9.36 Å². The molecule has 2 aromatic rings. The van der Waals surface area contributed by atoms with Gasteiger partial charge < -0.3 is 30.6 Å². The van der Waals surface area contributed by atoms with E-state index in [4.69, 9.17) is 0 Å². The van der Waals surface area contributed by atoms with E-state index in [9.17, 15) is 23.9 Å². The molecule has 2 amide bonds. The van der Waals surface area contributed by atoms with E-state index in [1.807, 2.05) is 18.2 Å². The summed E-state index contributed by atoms with van der Waals surface area (Å²) in [6, 6.07) is 9.08. The van der Waals surface area contributed by atoms with Gasteiger partial charge in [-0.3, -0.25) is 14.2 Å². The number of carbonyl (C=O) groups is 2. The molecule has 11 nitrogen and oxygen atoms in total. The lowest BCUT2D eigenvalue weighted by Crippen LogP contribution is -2.55. The van der Waals surface area contributed by atoms with Crippen LogP contribution in [0.25, 0.3) is 11.4 Å². The Morgan fingerprint density at radius 2 is 1.87 bits per heavy atom. The van der Waals surface area contributed by atoms with Gasteiger partial charge in [0.15, 0.2) is 5.82 Å². The molecule has 1 saturated heterocycles. The van der Waals surface area contributed by atoms with Gasteiger partial charge in [0.1, 0.15) is 17.6 Å².